The van der Waals surface area contributed by atoms with Crippen molar-refractivity contribution in [2.24, 2.45) is 0 Å². The SMILES string of the molecule is OC1=CC2[OH+]C(c3ccc(O)cc3)=C(O)C=C2C(O)=C1. The first-order chi connectivity index (χ1) is 9.54. The third-order valence-electron chi connectivity index (χ3n) is 3.17. The summed E-state index contributed by atoms with van der Waals surface area (Å²) in [6.07, 6.45) is 3.57. The van der Waals surface area contributed by atoms with E-state index < -0.39 is 6.10 Å². The Morgan fingerprint density at radius 3 is 2.30 bits per heavy atom. The predicted octanol–water partition coefficient (Wildman–Crippen LogP) is 2.35. The fourth-order valence-corrected chi connectivity index (χ4v) is 2.20. The summed E-state index contributed by atoms with van der Waals surface area (Å²) < 4.78 is 4.33. The molecule has 1 aromatic rings. The van der Waals surface area contributed by atoms with Crippen molar-refractivity contribution >= 4 is 5.76 Å². The van der Waals surface area contributed by atoms with Crippen LogP contribution in [0.4, 0.5) is 0 Å². The van der Waals surface area contributed by atoms with Crippen molar-refractivity contribution in [1.82, 2.24) is 0 Å². The summed E-state index contributed by atoms with van der Waals surface area (Å²) in [5, 5.41) is 38.6. The van der Waals surface area contributed by atoms with E-state index in [1.165, 1.54) is 30.4 Å². The van der Waals surface area contributed by atoms with Crippen LogP contribution < -0.4 is 0 Å². The second-order valence-electron chi connectivity index (χ2n) is 4.58. The number of allylic oxidation sites excluding steroid dienone is 2. The summed E-state index contributed by atoms with van der Waals surface area (Å²) in [6.45, 7) is 0. The first-order valence-electron chi connectivity index (χ1n) is 6.01. The molecule has 0 spiro atoms. The highest BCUT2D eigenvalue weighted by molar-refractivity contribution is 5.67. The maximum absolute atomic E-state index is 10.0. The minimum Gasteiger partial charge on any atom is -0.571 e. The lowest BCUT2D eigenvalue weighted by Gasteiger charge is -2.24. The van der Waals surface area contributed by atoms with Gasteiger partial charge < -0.3 is 25.2 Å². The molecular weight excluding hydrogens is 260 g/mol. The van der Waals surface area contributed by atoms with Gasteiger partial charge in [0.05, 0.1) is 17.2 Å². The Labute approximate surface area is 114 Å². The number of phenols is 1. The van der Waals surface area contributed by atoms with Crippen LogP contribution in [0.5, 0.6) is 5.75 Å². The third kappa shape index (κ3) is 1.99. The minimum absolute atomic E-state index is 0.0696. The summed E-state index contributed by atoms with van der Waals surface area (Å²) in [4.78, 5) is 0. The Morgan fingerprint density at radius 1 is 0.900 bits per heavy atom. The molecule has 0 saturated carbocycles. The second kappa shape index (κ2) is 4.38. The van der Waals surface area contributed by atoms with Crippen molar-refractivity contribution in [3.8, 4) is 5.75 Å². The molecule has 1 aromatic carbocycles. The molecular formula is C15H13O5+. The average molecular weight is 273 g/mol. The number of benzene rings is 1. The van der Waals surface area contributed by atoms with Gasteiger partial charge in [-0.1, -0.05) is 0 Å². The summed E-state index contributed by atoms with van der Waals surface area (Å²) in [5.41, 5.74) is 1.07. The summed E-state index contributed by atoms with van der Waals surface area (Å²) in [7, 11) is 0. The van der Waals surface area contributed by atoms with Crippen LogP contribution in [0.25, 0.3) is 5.76 Å². The van der Waals surface area contributed by atoms with E-state index in [0.717, 1.165) is 0 Å². The maximum atomic E-state index is 10.0. The Bertz CT molecular complexity index is 677. The highest BCUT2D eigenvalue weighted by atomic mass is 16.5. The van der Waals surface area contributed by atoms with Crippen LogP contribution in [0, 0.1) is 0 Å². The smallest absolute Gasteiger partial charge is 0.305 e. The van der Waals surface area contributed by atoms with Crippen LogP contribution in [-0.2, 0) is 0 Å². The molecule has 1 unspecified atom stereocenters. The third-order valence-corrected chi connectivity index (χ3v) is 3.17. The highest BCUT2D eigenvalue weighted by Gasteiger charge is 2.33. The van der Waals surface area contributed by atoms with Crippen LogP contribution in [0.2, 0.25) is 0 Å². The molecule has 20 heavy (non-hydrogen) atoms. The number of hydrogen-bond acceptors (Lipinski definition) is 4. The number of ether oxygens (including phenoxy) is 1. The van der Waals surface area contributed by atoms with E-state index in [1.54, 1.807) is 12.1 Å². The second-order valence-corrected chi connectivity index (χ2v) is 4.58. The van der Waals surface area contributed by atoms with E-state index in [2.05, 4.69) is 4.74 Å². The standard InChI is InChI=1S/C15H12O5/c16-9-3-1-8(2-4-9)15-13(19)7-11-12(18)5-10(17)6-14(11)20-15/h1-7,14,16-19H/p+1. The van der Waals surface area contributed by atoms with Crippen molar-refractivity contribution < 1.29 is 25.2 Å². The van der Waals surface area contributed by atoms with Crippen LogP contribution in [-0.4, -0.2) is 31.3 Å². The highest BCUT2D eigenvalue weighted by Crippen LogP contribution is 2.33. The quantitative estimate of drug-likeness (QED) is 0.591. The maximum Gasteiger partial charge on any atom is 0.305 e. The summed E-state index contributed by atoms with van der Waals surface area (Å²) in [5.74, 6) is 0.209. The largest absolute Gasteiger partial charge is 0.571 e. The predicted molar refractivity (Wildman–Crippen MR) is 73.2 cm³/mol. The van der Waals surface area contributed by atoms with Gasteiger partial charge >= 0.3 is 5.76 Å². The van der Waals surface area contributed by atoms with Crippen molar-refractivity contribution in [1.29, 1.82) is 0 Å². The van der Waals surface area contributed by atoms with E-state index in [9.17, 15) is 20.4 Å². The molecule has 0 saturated heterocycles. The Hall–Kier alpha value is -2.82. The van der Waals surface area contributed by atoms with Gasteiger partial charge in [0.2, 0.25) is 11.9 Å². The van der Waals surface area contributed by atoms with Gasteiger partial charge in [-0.3, -0.25) is 0 Å². The molecule has 0 radical (unpaired) electrons. The van der Waals surface area contributed by atoms with Gasteiger partial charge in [0, 0.05) is 12.2 Å². The number of aliphatic hydroxyl groups excluding tert-OH is 3. The Balaban J connectivity index is 2.04. The molecule has 1 aliphatic carbocycles. The lowest BCUT2D eigenvalue weighted by Crippen LogP contribution is -2.25. The fourth-order valence-electron chi connectivity index (χ4n) is 2.20. The van der Waals surface area contributed by atoms with Gasteiger partial charge in [-0.15, -0.1) is 0 Å². The van der Waals surface area contributed by atoms with E-state index >= 15 is 0 Å². The van der Waals surface area contributed by atoms with Gasteiger partial charge in [0.15, 0.2) is 0 Å². The molecule has 1 atom stereocenters. The zero-order chi connectivity index (χ0) is 14.3. The van der Waals surface area contributed by atoms with Gasteiger partial charge in [-0.2, -0.15) is 0 Å². The monoisotopic (exact) mass is 273 g/mol. The number of phenolic OH excluding ortho intramolecular Hbond substituents is 1. The zero-order valence-electron chi connectivity index (χ0n) is 10.4. The summed E-state index contributed by atoms with van der Waals surface area (Å²) >= 11 is 0. The van der Waals surface area contributed by atoms with E-state index in [-0.39, 0.29) is 23.0 Å². The lowest BCUT2D eigenvalue weighted by molar-refractivity contribution is 0.0461. The van der Waals surface area contributed by atoms with Crippen molar-refractivity contribution in [3.63, 3.8) is 0 Å². The Kier molecular flexibility index (Phi) is 2.68. The van der Waals surface area contributed by atoms with Crippen molar-refractivity contribution in [3.05, 3.63) is 70.9 Å². The van der Waals surface area contributed by atoms with E-state index in [1.807, 2.05) is 0 Å². The first kappa shape index (κ1) is 12.2. The topological polar surface area (TPSA) is 93.7 Å². The lowest BCUT2D eigenvalue weighted by atomic mass is 9.97. The Morgan fingerprint density at radius 2 is 1.60 bits per heavy atom. The molecule has 0 bridgehead atoms. The molecule has 0 amide bonds. The number of aromatic hydroxyl groups is 1. The zero-order valence-corrected chi connectivity index (χ0v) is 10.4. The molecule has 2 aliphatic rings. The molecule has 1 heterocycles. The van der Waals surface area contributed by atoms with E-state index in [0.29, 0.717) is 16.9 Å². The molecule has 5 nitrogen and oxygen atoms in total. The first-order valence-corrected chi connectivity index (χ1v) is 6.01. The number of aliphatic hydroxyl groups is 5. The number of hydrogen-bond donors (Lipinski definition) is 4. The summed E-state index contributed by atoms with van der Waals surface area (Å²) in [6, 6.07) is 6.25. The molecule has 1 aliphatic heterocycles. The molecule has 0 aromatic heterocycles. The molecule has 5 heteroatoms. The van der Waals surface area contributed by atoms with Crippen molar-refractivity contribution in [2.45, 2.75) is 6.10 Å². The van der Waals surface area contributed by atoms with Crippen LogP contribution in [0.15, 0.2) is 65.3 Å². The van der Waals surface area contributed by atoms with Gasteiger partial charge in [-0.25, -0.2) is 0 Å². The van der Waals surface area contributed by atoms with Crippen LogP contribution >= 0.6 is 0 Å². The fraction of sp³-hybridized carbons (Fsp3) is 0.0667. The minimum atomic E-state index is -0.542. The van der Waals surface area contributed by atoms with Crippen LogP contribution in [0.3, 0.4) is 0 Å². The molecule has 0 fully saturated rings. The molecule has 3 rings (SSSR count). The van der Waals surface area contributed by atoms with E-state index in [4.69, 9.17) is 0 Å². The number of fused-ring (bicyclic) bond motifs is 1. The van der Waals surface area contributed by atoms with Crippen LogP contribution in [0.1, 0.15) is 5.56 Å². The molecule has 5 N–H and O–H groups in total. The number of rotatable bonds is 1. The average Bonchev–Trinajstić information content (AvgIpc) is 2.40. The molecule has 102 valence electrons. The van der Waals surface area contributed by atoms with Gasteiger partial charge in [0.1, 0.15) is 17.3 Å². The van der Waals surface area contributed by atoms with Gasteiger partial charge in [-0.05, 0) is 24.3 Å². The van der Waals surface area contributed by atoms with Crippen molar-refractivity contribution in [2.75, 3.05) is 0 Å². The normalized spacial score (nSPS) is 21.4. The van der Waals surface area contributed by atoms with Gasteiger partial charge in [0.25, 0.3) is 0 Å².